The first-order valence-electron chi connectivity index (χ1n) is 12.8. The number of nitrogens with one attached hydrogen (secondary N) is 3. The molecule has 0 aromatic heterocycles. The molecule has 9 heteroatoms. The van der Waals surface area contributed by atoms with E-state index in [0.29, 0.717) is 34.1 Å². The van der Waals surface area contributed by atoms with Crippen LogP contribution in [0, 0.1) is 0 Å². The van der Waals surface area contributed by atoms with Crippen molar-refractivity contribution in [1.29, 1.82) is 0 Å². The molecule has 0 saturated carbocycles. The smallest absolute Gasteiger partial charge is 0.272 e. The van der Waals surface area contributed by atoms with Gasteiger partial charge in [-0.15, -0.1) is 11.8 Å². The third kappa shape index (κ3) is 8.99. The van der Waals surface area contributed by atoms with E-state index < -0.39 is 11.8 Å². The van der Waals surface area contributed by atoms with E-state index in [1.165, 1.54) is 17.8 Å². The Labute approximate surface area is 248 Å². The van der Waals surface area contributed by atoms with Crippen LogP contribution in [-0.4, -0.2) is 30.1 Å². The van der Waals surface area contributed by atoms with E-state index in [-0.39, 0.29) is 17.4 Å². The second-order valence-corrected chi connectivity index (χ2v) is 10.1. The van der Waals surface area contributed by atoms with Crippen molar-refractivity contribution in [2.24, 2.45) is 0 Å². The number of carbonyl (C=O) groups excluding carboxylic acids is 3. The molecule has 4 aromatic rings. The summed E-state index contributed by atoms with van der Waals surface area (Å²) < 4.78 is 5.41. The van der Waals surface area contributed by atoms with E-state index in [4.69, 9.17) is 16.3 Å². The molecule has 208 valence electrons. The monoisotopic (exact) mass is 585 g/mol. The standard InChI is InChI=1S/C32H28ClN3O4S/c1-2-40-26-16-12-24(13-17-26)34-30(37)21-41-27-18-14-25(15-19-27)35-32(39)29(20-23-10-6-7-11-28(23)33)36-31(38)22-8-4-3-5-9-22/h3-20H,2,21H2,1H3,(H,34,37)(H,35,39)(H,36,38)/b29-20-. The van der Waals surface area contributed by atoms with Gasteiger partial charge in [-0.25, -0.2) is 0 Å². The number of carbonyl (C=O) groups is 3. The molecule has 0 atom stereocenters. The van der Waals surface area contributed by atoms with Crippen LogP contribution in [0.4, 0.5) is 11.4 Å². The lowest BCUT2D eigenvalue weighted by Crippen LogP contribution is -2.30. The summed E-state index contributed by atoms with van der Waals surface area (Å²) in [5, 5.41) is 8.82. The molecule has 0 aliphatic carbocycles. The van der Waals surface area contributed by atoms with Gasteiger partial charge in [0.1, 0.15) is 11.4 Å². The van der Waals surface area contributed by atoms with Crippen molar-refractivity contribution in [3.8, 4) is 5.75 Å². The molecule has 41 heavy (non-hydrogen) atoms. The minimum atomic E-state index is -0.510. The molecule has 0 heterocycles. The predicted octanol–water partition coefficient (Wildman–Crippen LogP) is 6.88. The Morgan fingerprint density at radius 1 is 0.805 bits per heavy atom. The van der Waals surface area contributed by atoms with Crippen LogP contribution in [0.25, 0.3) is 6.08 Å². The number of amides is 3. The Hall–Kier alpha value is -4.53. The van der Waals surface area contributed by atoms with Gasteiger partial charge < -0.3 is 20.7 Å². The lowest BCUT2D eigenvalue weighted by molar-refractivity contribution is -0.114. The number of thioether (sulfide) groups is 1. The molecule has 4 aromatic carbocycles. The van der Waals surface area contributed by atoms with E-state index in [9.17, 15) is 14.4 Å². The number of anilines is 2. The van der Waals surface area contributed by atoms with Crippen LogP contribution in [0.1, 0.15) is 22.8 Å². The Balaban J connectivity index is 1.37. The van der Waals surface area contributed by atoms with Crippen LogP contribution < -0.4 is 20.7 Å². The summed E-state index contributed by atoms with van der Waals surface area (Å²) in [6.45, 7) is 2.49. The van der Waals surface area contributed by atoms with E-state index in [0.717, 1.165) is 10.6 Å². The molecular formula is C32H28ClN3O4S. The molecule has 7 nitrogen and oxygen atoms in total. The quantitative estimate of drug-likeness (QED) is 0.132. The second kappa shape index (κ2) is 14.7. The molecule has 0 saturated heterocycles. The zero-order chi connectivity index (χ0) is 29.0. The van der Waals surface area contributed by atoms with Crippen molar-refractivity contribution in [3.63, 3.8) is 0 Å². The highest BCUT2D eigenvalue weighted by Gasteiger charge is 2.16. The number of hydrogen-bond acceptors (Lipinski definition) is 5. The van der Waals surface area contributed by atoms with Crippen LogP contribution in [0.15, 0.2) is 114 Å². The van der Waals surface area contributed by atoms with Crippen molar-refractivity contribution in [2.75, 3.05) is 23.0 Å². The first-order chi connectivity index (χ1) is 19.9. The number of rotatable bonds is 11. The predicted molar refractivity (Wildman–Crippen MR) is 165 cm³/mol. The second-order valence-electron chi connectivity index (χ2n) is 8.67. The van der Waals surface area contributed by atoms with Gasteiger partial charge in [-0.2, -0.15) is 0 Å². The molecule has 0 bridgehead atoms. The van der Waals surface area contributed by atoms with Crippen molar-refractivity contribution < 1.29 is 19.1 Å². The van der Waals surface area contributed by atoms with Gasteiger partial charge in [0.2, 0.25) is 5.91 Å². The highest BCUT2D eigenvalue weighted by atomic mass is 35.5. The molecular weight excluding hydrogens is 558 g/mol. The van der Waals surface area contributed by atoms with E-state index in [1.807, 2.05) is 19.1 Å². The minimum absolute atomic E-state index is 0.0383. The van der Waals surface area contributed by atoms with Crippen LogP contribution >= 0.6 is 23.4 Å². The SMILES string of the molecule is CCOc1ccc(NC(=O)CSc2ccc(NC(=O)/C(=C/c3ccccc3Cl)NC(=O)c3ccccc3)cc2)cc1. The van der Waals surface area contributed by atoms with Gasteiger partial charge in [0.25, 0.3) is 11.8 Å². The molecule has 0 spiro atoms. The molecule has 0 fully saturated rings. The fourth-order valence-corrected chi connectivity index (χ4v) is 4.56. The summed E-state index contributed by atoms with van der Waals surface area (Å²) in [4.78, 5) is 39.3. The molecule has 0 aliphatic heterocycles. The molecule has 3 amide bonds. The number of benzene rings is 4. The zero-order valence-electron chi connectivity index (χ0n) is 22.2. The van der Waals surface area contributed by atoms with Crippen molar-refractivity contribution in [2.45, 2.75) is 11.8 Å². The summed E-state index contributed by atoms with van der Waals surface area (Å²) in [7, 11) is 0. The van der Waals surface area contributed by atoms with Gasteiger partial charge in [-0.3, -0.25) is 14.4 Å². The topological polar surface area (TPSA) is 96.5 Å². The molecule has 0 unspecified atom stereocenters. The Morgan fingerprint density at radius 2 is 1.44 bits per heavy atom. The van der Waals surface area contributed by atoms with Crippen LogP contribution in [0.5, 0.6) is 5.75 Å². The molecule has 0 radical (unpaired) electrons. The van der Waals surface area contributed by atoms with Gasteiger partial charge in [0, 0.05) is 26.9 Å². The maximum atomic E-state index is 13.2. The summed E-state index contributed by atoms with van der Waals surface area (Å²) >= 11 is 7.66. The van der Waals surface area contributed by atoms with Gasteiger partial charge >= 0.3 is 0 Å². The van der Waals surface area contributed by atoms with Crippen molar-refractivity contribution in [3.05, 3.63) is 125 Å². The average Bonchev–Trinajstić information content (AvgIpc) is 2.99. The molecule has 4 rings (SSSR count). The van der Waals surface area contributed by atoms with Gasteiger partial charge in [0.05, 0.1) is 12.4 Å². The van der Waals surface area contributed by atoms with Gasteiger partial charge in [0.15, 0.2) is 0 Å². The van der Waals surface area contributed by atoms with Gasteiger partial charge in [-0.05, 0) is 85.3 Å². The zero-order valence-corrected chi connectivity index (χ0v) is 23.8. The first kappa shape index (κ1) is 29.5. The van der Waals surface area contributed by atoms with Crippen molar-refractivity contribution >= 4 is 58.5 Å². The highest BCUT2D eigenvalue weighted by Crippen LogP contribution is 2.23. The maximum Gasteiger partial charge on any atom is 0.272 e. The lowest BCUT2D eigenvalue weighted by Gasteiger charge is -2.12. The minimum Gasteiger partial charge on any atom is -0.494 e. The highest BCUT2D eigenvalue weighted by molar-refractivity contribution is 8.00. The summed E-state index contributed by atoms with van der Waals surface area (Å²) in [5.74, 6) is -0.106. The number of halogens is 1. The van der Waals surface area contributed by atoms with Crippen molar-refractivity contribution in [1.82, 2.24) is 5.32 Å². The summed E-state index contributed by atoms with van der Waals surface area (Å²) in [6.07, 6.45) is 1.53. The normalized spacial score (nSPS) is 10.9. The molecule has 0 aliphatic rings. The number of hydrogen-bond donors (Lipinski definition) is 3. The lowest BCUT2D eigenvalue weighted by atomic mass is 10.1. The fourth-order valence-electron chi connectivity index (χ4n) is 3.67. The fraction of sp³-hybridized carbons (Fsp3) is 0.0938. The third-order valence-electron chi connectivity index (χ3n) is 5.67. The Morgan fingerprint density at radius 3 is 2.12 bits per heavy atom. The Kier molecular flexibility index (Phi) is 10.6. The number of ether oxygens (including phenoxy) is 1. The average molecular weight is 586 g/mol. The largest absolute Gasteiger partial charge is 0.494 e. The van der Waals surface area contributed by atoms with E-state index >= 15 is 0 Å². The van der Waals surface area contributed by atoms with Gasteiger partial charge in [-0.1, -0.05) is 48.0 Å². The van der Waals surface area contributed by atoms with Crippen LogP contribution in [0.2, 0.25) is 5.02 Å². The Bertz CT molecular complexity index is 1530. The first-order valence-corrected chi connectivity index (χ1v) is 14.2. The summed E-state index contributed by atoms with van der Waals surface area (Å²) in [6, 6.07) is 29.9. The van der Waals surface area contributed by atoms with Crippen LogP contribution in [0.3, 0.4) is 0 Å². The molecule has 3 N–H and O–H groups in total. The summed E-state index contributed by atoms with van der Waals surface area (Å²) in [5.41, 5.74) is 2.26. The van der Waals surface area contributed by atoms with E-state index in [1.54, 1.807) is 91.0 Å². The maximum absolute atomic E-state index is 13.2. The third-order valence-corrected chi connectivity index (χ3v) is 7.02. The van der Waals surface area contributed by atoms with Crippen LogP contribution in [-0.2, 0) is 9.59 Å². The van der Waals surface area contributed by atoms with E-state index in [2.05, 4.69) is 16.0 Å².